The Morgan fingerprint density at radius 1 is 1.15 bits per heavy atom. The van der Waals surface area contributed by atoms with Gasteiger partial charge in [0.25, 0.3) is 11.6 Å². The number of para-hydroxylation sites is 1. The molecule has 2 aliphatic rings. The third kappa shape index (κ3) is 3.96. The second kappa shape index (κ2) is 8.99. The van der Waals surface area contributed by atoms with Crippen LogP contribution in [0.25, 0.3) is 0 Å². The fraction of sp³-hybridized carbons (Fsp3) is 0.269. The summed E-state index contributed by atoms with van der Waals surface area (Å²) in [5, 5.41) is 11.4. The molecule has 3 aromatic carbocycles. The topological polar surface area (TPSA) is 81.9 Å². The van der Waals surface area contributed by atoms with Crippen LogP contribution < -0.4 is 14.4 Å². The third-order valence-corrected chi connectivity index (χ3v) is 6.39. The van der Waals surface area contributed by atoms with E-state index in [1.165, 1.54) is 13.2 Å². The predicted molar refractivity (Wildman–Crippen MR) is 129 cm³/mol. The molecule has 2 heterocycles. The number of amides is 1. The van der Waals surface area contributed by atoms with Crippen LogP contribution in [0.2, 0.25) is 0 Å². The van der Waals surface area contributed by atoms with Gasteiger partial charge in [0, 0.05) is 38.0 Å². The first-order chi connectivity index (χ1) is 17.9. The molecule has 1 atom stereocenters. The molecular formula is C26H23ClN2O5. The molecule has 174 valence electrons. The van der Waals surface area contributed by atoms with Crippen molar-refractivity contribution >= 4 is 28.9 Å². The predicted octanol–water partition coefficient (Wildman–Crippen LogP) is 5.44. The summed E-state index contributed by atoms with van der Waals surface area (Å²) in [6.07, 6.45) is 2.00. The molecule has 0 radical (unpaired) electrons. The standard InChI is InChI=1S/C26H23ClN2O5/c1-33-24-13-22-18(6-7-20-11-19-4-2-3-5-23(19)28(20)26(22)30)12-25(24)34-15-17-8-16(14-27)9-21(10-17)29(31)32/h2-5,8-10,12-13,20H,6-7,11,14-15H2,1H3/t20-/m1/s1/i14D2,15D2. The molecule has 0 fully saturated rings. The van der Waals surface area contributed by atoms with Gasteiger partial charge < -0.3 is 14.4 Å². The van der Waals surface area contributed by atoms with Crippen molar-refractivity contribution in [3.8, 4) is 11.5 Å². The summed E-state index contributed by atoms with van der Waals surface area (Å²) in [5.41, 5.74) is 1.99. The van der Waals surface area contributed by atoms with E-state index in [4.69, 9.17) is 26.6 Å². The molecule has 7 nitrogen and oxygen atoms in total. The molecule has 0 N–H and O–H groups in total. The van der Waals surface area contributed by atoms with Crippen LogP contribution >= 0.6 is 11.6 Å². The van der Waals surface area contributed by atoms with Crippen LogP contribution in [0.1, 0.15) is 44.5 Å². The van der Waals surface area contributed by atoms with E-state index in [2.05, 4.69) is 0 Å². The molecular weight excluding hydrogens is 456 g/mol. The lowest BCUT2D eigenvalue weighted by atomic mass is 9.99. The number of nitrogens with zero attached hydrogens (tertiary/aromatic N) is 2. The molecule has 34 heavy (non-hydrogen) atoms. The molecule has 3 aromatic rings. The Kier molecular flexibility index (Phi) is 4.71. The van der Waals surface area contributed by atoms with Crippen LogP contribution in [-0.4, -0.2) is 24.0 Å². The number of carbonyl (C=O) groups is 1. The van der Waals surface area contributed by atoms with Crippen molar-refractivity contribution in [1.29, 1.82) is 0 Å². The summed E-state index contributed by atoms with van der Waals surface area (Å²) in [6, 6.07) is 13.9. The summed E-state index contributed by atoms with van der Waals surface area (Å²) < 4.78 is 43.7. The van der Waals surface area contributed by atoms with Gasteiger partial charge in [-0.25, -0.2) is 0 Å². The number of rotatable bonds is 6. The highest BCUT2D eigenvalue weighted by Gasteiger charge is 2.37. The van der Waals surface area contributed by atoms with E-state index in [1.54, 1.807) is 6.07 Å². The van der Waals surface area contributed by atoms with Crippen molar-refractivity contribution < 1.29 is 24.7 Å². The molecule has 1 amide bonds. The minimum Gasteiger partial charge on any atom is -0.493 e. The van der Waals surface area contributed by atoms with E-state index in [1.807, 2.05) is 29.2 Å². The second-order valence-corrected chi connectivity index (χ2v) is 8.37. The highest BCUT2D eigenvalue weighted by Crippen LogP contribution is 2.40. The Hall–Kier alpha value is -3.58. The normalized spacial score (nSPS) is 18.9. The van der Waals surface area contributed by atoms with Crippen molar-refractivity contribution in [2.75, 3.05) is 12.0 Å². The first-order valence-electron chi connectivity index (χ1n) is 12.7. The lowest BCUT2D eigenvalue weighted by molar-refractivity contribution is -0.385. The van der Waals surface area contributed by atoms with E-state index in [9.17, 15) is 14.9 Å². The zero-order valence-corrected chi connectivity index (χ0v) is 19.0. The number of non-ortho nitro benzene ring substituents is 1. The van der Waals surface area contributed by atoms with Crippen molar-refractivity contribution in [2.45, 2.75) is 37.7 Å². The van der Waals surface area contributed by atoms with Gasteiger partial charge >= 0.3 is 0 Å². The van der Waals surface area contributed by atoms with E-state index in [0.29, 0.717) is 24.0 Å². The molecule has 5 rings (SSSR count). The van der Waals surface area contributed by atoms with E-state index >= 15 is 0 Å². The first kappa shape index (κ1) is 17.8. The van der Waals surface area contributed by atoms with Crippen molar-refractivity contribution in [3.05, 3.63) is 92.5 Å². The number of nitro groups is 1. The lowest BCUT2D eigenvalue weighted by Gasteiger charge is -2.23. The minimum absolute atomic E-state index is 0.00274. The average Bonchev–Trinajstić information content (AvgIpc) is 3.18. The van der Waals surface area contributed by atoms with Crippen molar-refractivity contribution in [2.24, 2.45) is 0 Å². The maximum absolute atomic E-state index is 13.6. The monoisotopic (exact) mass is 482 g/mol. The SMILES string of the molecule is [2H]C([2H])(Cl)c1cc([N+](=O)[O-])cc(C([2H])([2H])Oc2cc3c(cc2OC)C(=O)N2c4ccccc4C[C@H]2CC3)c1. The Labute approximate surface area is 207 Å². The summed E-state index contributed by atoms with van der Waals surface area (Å²) in [5.74, 6) is -2.52. The Morgan fingerprint density at radius 2 is 1.94 bits per heavy atom. The van der Waals surface area contributed by atoms with Gasteiger partial charge in [0.1, 0.15) is 6.56 Å². The molecule has 2 aliphatic heterocycles. The minimum atomic E-state index is -2.63. The number of methoxy groups -OCH3 is 1. The van der Waals surface area contributed by atoms with Gasteiger partial charge in [0.05, 0.1) is 14.8 Å². The van der Waals surface area contributed by atoms with E-state index in [0.717, 1.165) is 35.9 Å². The molecule has 0 saturated heterocycles. The van der Waals surface area contributed by atoms with E-state index in [-0.39, 0.29) is 34.6 Å². The largest absolute Gasteiger partial charge is 0.493 e. The highest BCUT2D eigenvalue weighted by molar-refractivity contribution is 6.17. The molecule has 8 heteroatoms. The van der Waals surface area contributed by atoms with Crippen LogP contribution in [0.3, 0.4) is 0 Å². The summed E-state index contributed by atoms with van der Waals surface area (Å²) in [7, 11) is 1.37. The molecule has 0 spiro atoms. The van der Waals surface area contributed by atoms with E-state index < -0.39 is 23.0 Å². The van der Waals surface area contributed by atoms with Gasteiger partial charge in [-0.1, -0.05) is 24.3 Å². The first-order valence-corrected chi connectivity index (χ1v) is 11.1. The van der Waals surface area contributed by atoms with Crippen molar-refractivity contribution in [1.82, 2.24) is 0 Å². The van der Waals surface area contributed by atoms with Crippen LogP contribution in [0.5, 0.6) is 11.5 Å². The maximum atomic E-state index is 13.6. The Balaban J connectivity index is 1.53. The zero-order valence-electron chi connectivity index (χ0n) is 22.2. The summed E-state index contributed by atoms with van der Waals surface area (Å²) >= 11 is 5.74. The number of nitro benzene ring substituents is 1. The molecule has 0 aliphatic carbocycles. The highest BCUT2D eigenvalue weighted by atomic mass is 35.5. The number of alkyl halides is 1. The summed E-state index contributed by atoms with van der Waals surface area (Å²) in [6.45, 7) is -2.63. The molecule has 0 aromatic heterocycles. The van der Waals surface area contributed by atoms with Crippen molar-refractivity contribution in [3.63, 3.8) is 0 Å². The number of fused-ring (bicyclic) bond motifs is 4. The summed E-state index contributed by atoms with van der Waals surface area (Å²) in [4.78, 5) is 26.1. The van der Waals surface area contributed by atoms with Crippen LogP contribution in [0.4, 0.5) is 11.4 Å². The Bertz CT molecular complexity index is 1460. The number of carbonyl (C=O) groups excluding carboxylic acids is 1. The molecule has 0 bridgehead atoms. The van der Waals surface area contributed by atoms with Gasteiger partial charge in [0.2, 0.25) is 0 Å². The number of benzene rings is 3. The number of ether oxygens (including phenoxy) is 2. The molecule has 0 saturated carbocycles. The number of aryl methyl sites for hydroxylation is 1. The quantitative estimate of drug-likeness (QED) is 0.265. The Morgan fingerprint density at radius 3 is 2.71 bits per heavy atom. The van der Waals surface area contributed by atoms with Gasteiger partial charge in [0.15, 0.2) is 11.5 Å². The smallest absolute Gasteiger partial charge is 0.270 e. The van der Waals surface area contributed by atoms with Crippen LogP contribution in [0.15, 0.2) is 54.6 Å². The second-order valence-electron chi connectivity index (χ2n) is 8.18. The fourth-order valence-electron chi connectivity index (χ4n) is 4.61. The maximum Gasteiger partial charge on any atom is 0.270 e. The van der Waals surface area contributed by atoms with Crippen LogP contribution in [0, 0.1) is 10.1 Å². The third-order valence-electron chi connectivity index (χ3n) is 6.17. The zero-order chi connectivity index (χ0) is 27.4. The van der Waals surface area contributed by atoms with Gasteiger partial charge in [-0.05, 0) is 59.7 Å². The number of hydrogen-bond acceptors (Lipinski definition) is 5. The van der Waals surface area contributed by atoms with Gasteiger partial charge in [-0.15, -0.1) is 11.6 Å². The lowest BCUT2D eigenvalue weighted by Crippen LogP contribution is -2.36. The van der Waals surface area contributed by atoms with Gasteiger partial charge in [-0.2, -0.15) is 0 Å². The number of halogens is 1. The van der Waals surface area contributed by atoms with Gasteiger partial charge in [-0.3, -0.25) is 14.9 Å². The molecule has 0 unspecified atom stereocenters. The van der Waals surface area contributed by atoms with Crippen LogP contribution in [-0.2, 0) is 25.2 Å². The fourth-order valence-corrected chi connectivity index (χ4v) is 4.72. The number of hydrogen-bond donors (Lipinski definition) is 0. The average molecular weight is 483 g/mol. The number of anilines is 1.